The van der Waals surface area contributed by atoms with Gasteiger partial charge in [0.2, 0.25) is 0 Å². The molecule has 2 N–H and O–H groups in total. The number of hydrogen-bond donors (Lipinski definition) is 1. The van der Waals surface area contributed by atoms with Crippen molar-refractivity contribution in [2.24, 2.45) is 0 Å². The minimum Gasteiger partial charge on any atom is -0.396 e. The molecule has 0 fully saturated rings. The van der Waals surface area contributed by atoms with Crippen LogP contribution in [0.1, 0.15) is 20.8 Å². The zero-order valence-electron chi connectivity index (χ0n) is 10.5. The largest absolute Gasteiger partial charge is 0.396 e. The number of nitrogen functional groups attached to an aromatic ring is 1. The van der Waals surface area contributed by atoms with E-state index in [1.54, 1.807) is 12.3 Å². The Morgan fingerprint density at radius 1 is 1.33 bits per heavy atom. The van der Waals surface area contributed by atoms with E-state index < -0.39 is 0 Å². The topological polar surface area (TPSA) is 43.8 Å². The van der Waals surface area contributed by atoms with Crippen molar-refractivity contribution in [2.75, 3.05) is 5.73 Å². The summed E-state index contributed by atoms with van der Waals surface area (Å²) in [7, 11) is 0. The third-order valence-corrected chi connectivity index (χ3v) is 3.27. The number of nitrogens with two attached hydrogens (primary N) is 1. The fourth-order valence-corrected chi connectivity index (χ4v) is 2.16. The predicted octanol–water partition coefficient (Wildman–Crippen LogP) is 3.79. The molecule has 2 rings (SSSR count). The van der Waals surface area contributed by atoms with E-state index in [-0.39, 0.29) is 11.4 Å². The van der Waals surface area contributed by atoms with E-state index in [9.17, 15) is 4.39 Å². The summed E-state index contributed by atoms with van der Waals surface area (Å²) in [4.78, 5) is 0. The lowest BCUT2D eigenvalue weighted by atomic mass is 10.1. The number of nitrogens with zero attached hydrogens (tertiary/aromatic N) is 2. The lowest BCUT2D eigenvalue weighted by Gasteiger charge is -2.18. The Morgan fingerprint density at radius 2 is 2.00 bits per heavy atom. The molecule has 0 spiro atoms. The van der Waals surface area contributed by atoms with Crippen LogP contribution in [0.15, 0.2) is 28.9 Å². The normalized spacial score (nSPS) is 11.8. The van der Waals surface area contributed by atoms with Gasteiger partial charge in [-0.05, 0) is 54.9 Å². The summed E-state index contributed by atoms with van der Waals surface area (Å²) in [6.07, 6.45) is 1.80. The van der Waals surface area contributed by atoms with Crippen LogP contribution in [0.2, 0.25) is 0 Å². The van der Waals surface area contributed by atoms with Gasteiger partial charge in [0.1, 0.15) is 11.5 Å². The molecule has 96 valence electrons. The molecule has 0 amide bonds. The Kier molecular flexibility index (Phi) is 3.19. The second-order valence-corrected chi connectivity index (χ2v) is 6.03. The minimum atomic E-state index is -0.292. The molecule has 3 nitrogen and oxygen atoms in total. The fourth-order valence-electron chi connectivity index (χ4n) is 1.62. The van der Waals surface area contributed by atoms with Gasteiger partial charge in [-0.1, -0.05) is 0 Å². The molecule has 1 heterocycles. The van der Waals surface area contributed by atoms with Gasteiger partial charge in [-0.15, -0.1) is 0 Å². The van der Waals surface area contributed by atoms with Crippen molar-refractivity contribution < 1.29 is 4.39 Å². The smallest absolute Gasteiger partial charge is 0.124 e. The Labute approximate surface area is 114 Å². The van der Waals surface area contributed by atoms with Gasteiger partial charge in [-0.3, -0.25) is 4.68 Å². The quantitative estimate of drug-likeness (QED) is 0.870. The second kappa shape index (κ2) is 4.39. The minimum absolute atomic E-state index is 0.140. The average molecular weight is 312 g/mol. The molecule has 0 saturated heterocycles. The third kappa shape index (κ3) is 2.41. The zero-order chi connectivity index (χ0) is 13.5. The van der Waals surface area contributed by atoms with Crippen LogP contribution in [-0.2, 0) is 5.54 Å². The highest BCUT2D eigenvalue weighted by atomic mass is 79.9. The van der Waals surface area contributed by atoms with Gasteiger partial charge in [0, 0.05) is 16.2 Å². The van der Waals surface area contributed by atoms with Crippen molar-refractivity contribution >= 4 is 21.6 Å². The van der Waals surface area contributed by atoms with E-state index in [0.29, 0.717) is 15.9 Å². The van der Waals surface area contributed by atoms with Crippen LogP contribution in [0.25, 0.3) is 11.3 Å². The van der Waals surface area contributed by atoms with Gasteiger partial charge < -0.3 is 5.73 Å². The number of rotatable bonds is 1. The summed E-state index contributed by atoms with van der Waals surface area (Å²) < 4.78 is 15.5. The van der Waals surface area contributed by atoms with Crippen LogP contribution in [0.3, 0.4) is 0 Å². The Hall–Kier alpha value is -1.36. The highest BCUT2D eigenvalue weighted by molar-refractivity contribution is 9.10. The molecule has 0 bridgehead atoms. The molecule has 1 aromatic carbocycles. The molecule has 0 aliphatic carbocycles. The third-order valence-electron chi connectivity index (χ3n) is 2.62. The summed E-state index contributed by atoms with van der Waals surface area (Å²) in [5, 5.41) is 4.48. The van der Waals surface area contributed by atoms with E-state index in [0.717, 1.165) is 5.56 Å². The molecule has 0 aliphatic heterocycles. The van der Waals surface area contributed by atoms with Gasteiger partial charge in [0.25, 0.3) is 0 Å². The number of hydrogen-bond acceptors (Lipinski definition) is 2. The monoisotopic (exact) mass is 311 g/mol. The predicted molar refractivity (Wildman–Crippen MR) is 74.7 cm³/mol. The molecular formula is C13H15BrFN3. The number of anilines is 1. The first-order valence-corrected chi connectivity index (χ1v) is 6.39. The van der Waals surface area contributed by atoms with E-state index in [1.807, 2.05) is 25.5 Å². The van der Waals surface area contributed by atoms with Crippen LogP contribution < -0.4 is 5.73 Å². The van der Waals surface area contributed by atoms with Crippen molar-refractivity contribution in [3.8, 4) is 11.3 Å². The van der Waals surface area contributed by atoms with Gasteiger partial charge >= 0.3 is 0 Å². The lowest BCUT2D eigenvalue weighted by Crippen LogP contribution is -2.22. The van der Waals surface area contributed by atoms with Gasteiger partial charge in [0.05, 0.1) is 11.2 Å². The maximum Gasteiger partial charge on any atom is 0.124 e. The summed E-state index contributed by atoms with van der Waals surface area (Å²) >= 11 is 3.33. The SMILES string of the molecule is CC(C)(C)n1cc(N)c(-c2ccc(F)cc2Br)n1. The van der Waals surface area contributed by atoms with Crippen molar-refractivity contribution in [3.05, 3.63) is 34.7 Å². The van der Waals surface area contributed by atoms with Gasteiger partial charge in [-0.25, -0.2) is 4.39 Å². The standard InChI is InChI=1S/C13H15BrFN3/c1-13(2,3)18-7-11(16)12(17-18)9-5-4-8(15)6-10(9)14/h4-7H,16H2,1-3H3. The summed E-state index contributed by atoms with van der Waals surface area (Å²) in [5.41, 5.74) is 7.87. The van der Waals surface area contributed by atoms with E-state index in [1.165, 1.54) is 12.1 Å². The molecular weight excluding hydrogens is 297 g/mol. The van der Waals surface area contributed by atoms with Crippen molar-refractivity contribution in [3.63, 3.8) is 0 Å². The van der Waals surface area contributed by atoms with Crippen molar-refractivity contribution in [1.29, 1.82) is 0 Å². The summed E-state index contributed by atoms with van der Waals surface area (Å²) in [5.74, 6) is -0.292. The van der Waals surface area contributed by atoms with Crippen molar-refractivity contribution in [2.45, 2.75) is 26.3 Å². The second-order valence-electron chi connectivity index (χ2n) is 5.17. The molecule has 5 heteroatoms. The molecule has 0 saturated carbocycles. The maximum atomic E-state index is 13.1. The molecule has 18 heavy (non-hydrogen) atoms. The van der Waals surface area contributed by atoms with Gasteiger partial charge in [0.15, 0.2) is 0 Å². The van der Waals surface area contributed by atoms with Crippen LogP contribution in [0, 0.1) is 5.82 Å². The number of halogens is 2. The Balaban J connectivity index is 2.55. The maximum absolute atomic E-state index is 13.1. The molecule has 0 aliphatic rings. The first kappa shape index (κ1) is 13.1. The van der Waals surface area contributed by atoms with E-state index in [2.05, 4.69) is 21.0 Å². The van der Waals surface area contributed by atoms with Crippen LogP contribution in [0.5, 0.6) is 0 Å². The Bertz CT molecular complexity index is 584. The van der Waals surface area contributed by atoms with Crippen LogP contribution >= 0.6 is 15.9 Å². The average Bonchev–Trinajstić information content (AvgIpc) is 2.60. The number of aromatic nitrogens is 2. The molecule has 1 aromatic heterocycles. The highest BCUT2D eigenvalue weighted by Gasteiger charge is 2.18. The van der Waals surface area contributed by atoms with Crippen molar-refractivity contribution in [1.82, 2.24) is 9.78 Å². The van der Waals surface area contributed by atoms with E-state index in [4.69, 9.17) is 5.73 Å². The molecule has 0 unspecified atom stereocenters. The van der Waals surface area contributed by atoms with Crippen LogP contribution in [-0.4, -0.2) is 9.78 Å². The first-order valence-electron chi connectivity index (χ1n) is 5.60. The summed E-state index contributed by atoms with van der Waals surface area (Å²) in [6.45, 7) is 6.13. The fraction of sp³-hybridized carbons (Fsp3) is 0.308. The molecule has 0 atom stereocenters. The van der Waals surface area contributed by atoms with Gasteiger partial charge in [-0.2, -0.15) is 5.10 Å². The zero-order valence-corrected chi connectivity index (χ0v) is 12.1. The van der Waals surface area contributed by atoms with Crippen LogP contribution in [0.4, 0.5) is 10.1 Å². The molecule has 0 radical (unpaired) electrons. The Morgan fingerprint density at radius 3 is 2.50 bits per heavy atom. The highest BCUT2D eigenvalue weighted by Crippen LogP contribution is 2.32. The summed E-state index contributed by atoms with van der Waals surface area (Å²) in [6, 6.07) is 4.48. The molecule has 2 aromatic rings. The number of benzene rings is 1. The van der Waals surface area contributed by atoms with E-state index >= 15 is 0 Å². The first-order chi connectivity index (χ1) is 8.29. The lowest BCUT2D eigenvalue weighted by molar-refractivity contribution is 0.356.